The molecule has 17 heavy (non-hydrogen) atoms. The van der Waals surface area contributed by atoms with Gasteiger partial charge < -0.3 is 0 Å². The molecule has 0 atom stereocenters. The minimum atomic E-state index is -3.42. The van der Waals surface area contributed by atoms with Gasteiger partial charge in [0, 0.05) is 25.7 Å². The van der Waals surface area contributed by atoms with Gasteiger partial charge in [0.05, 0.1) is 12.7 Å². The molecule has 0 amide bonds. The van der Waals surface area contributed by atoms with Crippen LogP contribution in [0.15, 0.2) is 17.3 Å². The van der Waals surface area contributed by atoms with Crippen LogP contribution in [0.2, 0.25) is 0 Å². The predicted octanol–water partition coefficient (Wildman–Crippen LogP) is 1.40. The van der Waals surface area contributed by atoms with Crippen molar-refractivity contribution in [3.63, 3.8) is 0 Å². The molecule has 0 aliphatic rings. The van der Waals surface area contributed by atoms with Crippen molar-refractivity contribution in [1.29, 1.82) is 0 Å². The van der Waals surface area contributed by atoms with Crippen molar-refractivity contribution in [2.75, 3.05) is 19.5 Å². The molecule has 0 bridgehead atoms. The number of aromatic nitrogens is 2. The van der Waals surface area contributed by atoms with E-state index >= 15 is 0 Å². The lowest BCUT2D eigenvalue weighted by molar-refractivity contribution is 0.417. The Kier molecular flexibility index (Phi) is 4.97. The fraction of sp³-hybridized carbons (Fsp3) is 0.700. The first kappa shape index (κ1) is 14.5. The van der Waals surface area contributed by atoms with E-state index in [1.54, 1.807) is 7.05 Å². The average molecular weight is 280 g/mol. The average Bonchev–Trinajstić information content (AvgIpc) is 2.66. The Balaban J connectivity index is 2.88. The molecule has 0 aliphatic heterocycles. The van der Waals surface area contributed by atoms with Gasteiger partial charge >= 0.3 is 0 Å². The van der Waals surface area contributed by atoms with E-state index < -0.39 is 10.0 Å². The summed E-state index contributed by atoms with van der Waals surface area (Å²) in [5.41, 5.74) is 0. The number of hydrogen-bond acceptors (Lipinski definition) is 3. The van der Waals surface area contributed by atoms with Crippen LogP contribution in [0.25, 0.3) is 0 Å². The summed E-state index contributed by atoms with van der Waals surface area (Å²) in [5, 5.41) is 3.96. The van der Waals surface area contributed by atoms with E-state index in [1.165, 1.54) is 21.4 Å². The standard InChI is InChI=1S/C10H18ClN3O2S/c1-9(2)7-13(3)17(15,16)10-6-12-14(8-10)5-4-11/h6,8-9H,4-5,7H2,1-3H3. The van der Waals surface area contributed by atoms with E-state index in [0.717, 1.165) is 0 Å². The molecule has 0 unspecified atom stereocenters. The maximum absolute atomic E-state index is 12.1. The van der Waals surface area contributed by atoms with Crippen molar-refractivity contribution in [2.24, 2.45) is 5.92 Å². The highest BCUT2D eigenvalue weighted by atomic mass is 35.5. The van der Waals surface area contributed by atoms with Gasteiger partial charge in [0.15, 0.2) is 0 Å². The van der Waals surface area contributed by atoms with Gasteiger partial charge in [-0.3, -0.25) is 4.68 Å². The van der Waals surface area contributed by atoms with Crippen LogP contribution in [0, 0.1) is 5.92 Å². The van der Waals surface area contributed by atoms with Gasteiger partial charge in [-0.05, 0) is 5.92 Å². The molecule has 1 heterocycles. The fourth-order valence-corrected chi connectivity index (χ4v) is 2.94. The van der Waals surface area contributed by atoms with Crippen LogP contribution in [0.5, 0.6) is 0 Å². The summed E-state index contributed by atoms with van der Waals surface area (Å²) in [6.07, 6.45) is 2.87. The first-order chi connectivity index (χ1) is 7.87. The normalized spacial score (nSPS) is 12.6. The van der Waals surface area contributed by atoms with Crippen LogP contribution >= 0.6 is 11.6 Å². The smallest absolute Gasteiger partial charge is 0.245 e. The molecule has 7 heteroatoms. The summed E-state index contributed by atoms with van der Waals surface area (Å²) in [4.78, 5) is 0.214. The number of hydrogen-bond donors (Lipinski definition) is 0. The van der Waals surface area contributed by atoms with Crippen molar-refractivity contribution < 1.29 is 8.42 Å². The van der Waals surface area contributed by atoms with Crippen LogP contribution in [0.4, 0.5) is 0 Å². The van der Waals surface area contributed by atoms with E-state index in [-0.39, 0.29) is 10.8 Å². The van der Waals surface area contributed by atoms with Gasteiger partial charge in [0.2, 0.25) is 10.0 Å². The molecular formula is C10H18ClN3O2S. The largest absolute Gasteiger partial charge is 0.270 e. The van der Waals surface area contributed by atoms with E-state index in [0.29, 0.717) is 19.0 Å². The molecule has 0 fully saturated rings. The zero-order chi connectivity index (χ0) is 13.1. The monoisotopic (exact) mass is 279 g/mol. The third-order valence-electron chi connectivity index (χ3n) is 2.25. The number of aryl methyl sites for hydroxylation is 1. The quantitative estimate of drug-likeness (QED) is 0.740. The molecular weight excluding hydrogens is 262 g/mol. The lowest BCUT2D eigenvalue weighted by atomic mass is 10.2. The van der Waals surface area contributed by atoms with Gasteiger partial charge in [-0.25, -0.2) is 12.7 Å². The number of alkyl halides is 1. The molecule has 1 aromatic rings. The van der Waals surface area contributed by atoms with Crippen LogP contribution < -0.4 is 0 Å². The third kappa shape index (κ3) is 3.69. The Hall–Kier alpha value is -0.590. The second-order valence-corrected chi connectivity index (χ2v) is 6.73. The van der Waals surface area contributed by atoms with Gasteiger partial charge in [0.25, 0.3) is 0 Å². The first-order valence-corrected chi connectivity index (χ1v) is 7.40. The van der Waals surface area contributed by atoms with Crippen molar-refractivity contribution >= 4 is 21.6 Å². The summed E-state index contributed by atoms with van der Waals surface area (Å²) >= 11 is 5.57. The molecule has 0 aromatic carbocycles. The van der Waals surface area contributed by atoms with Gasteiger partial charge in [-0.15, -0.1) is 11.6 Å². The highest BCUT2D eigenvalue weighted by Crippen LogP contribution is 2.14. The predicted molar refractivity (Wildman–Crippen MR) is 67.6 cm³/mol. The molecule has 98 valence electrons. The lowest BCUT2D eigenvalue weighted by Crippen LogP contribution is -2.30. The number of sulfonamides is 1. The van der Waals surface area contributed by atoms with Gasteiger partial charge in [-0.1, -0.05) is 13.8 Å². The van der Waals surface area contributed by atoms with Crippen LogP contribution in [-0.2, 0) is 16.6 Å². The first-order valence-electron chi connectivity index (χ1n) is 5.42. The Morgan fingerprint density at radius 3 is 2.71 bits per heavy atom. The molecule has 0 N–H and O–H groups in total. The van der Waals surface area contributed by atoms with Crippen molar-refractivity contribution in [2.45, 2.75) is 25.3 Å². The summed E-state index contributed by atoms with van der Waals surface area (Å²) in [5.74, 6) is 0.691. The zero-order valence-corrected chi connectivity index (χ0v) is 11.9. The van der Waals surface area contributed by atoms with E-state index in [9.17, 15) is 8.42 Å². The maximum Gasteiger partial charge on any atom is 0.245 e. The summed E-state index contributed by atoms with van der Waals surface area (Å²) in [6, 6.07) is 0. The second-order valence-electron chi connectivity index (χ2n) is 4.31. The zero-order valence-electron chi connectivity index (χ0n) is 10.3. The Morgan fingerprint density at radius 1 is 1.53 bits per heavy atom. The molecule has 1 rings (SSSR count). The van der Waals surface area contributed by atoms with Crippen LogP contribution in [0.3, 0.4) is 0 Å². The molecule has 0 saturated carbocycles. The van der Waals surface area contributed by atoms with Crippen LogP contribution in [0.1, 0.15) is 13.8 Å². The van der Waals surface area contributed by atoms with Crippen molar-refractivity contribution in [3.05, 3.63) is 12.4 Å². The van der Waals surface area contributed by atoms with E-state index in [4.69, 9.17) is 11.6 Å². The summed E-state index contributed by atoms with van der Waals surface area (Å²) in [6.45, 7) is 4.94. The summed E-state index contributed by atoms with van der Waals surface area (Å²) < 4.78 is 27.1. The Labute approximate surface area is 107 Å². The third-order valence-corrected chi connectivity index (χ3v) is 4.20. The molecule has 5 nitrogen and oxygen atoms in total. The number of nitrogens with zero attached hydrogens (tertiary/aromatic N) is 3. The molecule has 1 aromatic heterocycles. The van der Waals surface area contributed by atoms with Crippen molar-refractivity contribution in [3.8, 4) is 0 Å². The molecule has 0 saturated heterocycles. The minimum absolute atomic E-state index is 0.214. The van der Waals surface area contributed by atoms with Gasteiger partial charge in [-0.2, -0.15) is 5.10 Å². The Morgan fingerprint density at radius 2 is 2.18 bits per heavy atom. The van der Waals surface area contributed by atoms with Crippen LogP contribution in [-0.4, -0.2) is 42.0 Å². The molecule has 0 aliphatic carbocycles. The molecule has 0 radical (unpaired) electrons. The SMILES string of the molecule is CC(C)CN(C)S(=O)(=O)c1cnn(CCCl)c1. The highest BCUT2D eigenvalue weighted by Gasteiger charge is 2.22. The van der Waals surface area contributed by atoms with E-state index in [1.807, 2.05) is 13.8 Å². The highest BCUT2D eigenvalue weighted by molar-refractivity contribution is 7.89. The lowest BCUT2D eigenvalue weighted by Gasteiger charge is -2.17. The summed E-state index contributed by atoms with van der Waals surface area (Å²) in [7, 11) is -1.85. The van der Waals surface area contributed by atoms with Gasteiger partial charge in [0.1, 0.15) is 4.90 Å². The number of rotatable bonds is 6. The Bertz CT molecular complexity index is 456. The van der Waals surface area contributed by atoms with E-state index in [2.05, 4.69) is 5.10 Å². The fourth-order valence-electron chi connectivity index (χ4n) is 1.48. The number of halogens is 1. The second kappa shape index (κ2) is 5.84. The topological polar surface area (TPSA) is 55.2 Å². The maximum atomic E-state index is 12.1. The molecule has 0 spiro atoms. The minimum Gasteiger partial charge on any atom is -0.270 e. The van der Waals surface area contributed by atoms with Crippen molar-refractivity contribution in [1.82, 2.24) is 14.1 Å².